The minimum absolute atomic E-state index is 0.129. The molecular formula is C14H28ClNO. The van der Waals surface area contributed by atoms with Crippen molar-refractivity contribution in [3.8, 4) is 0 Å². The second-order valence-electron chi connectivity index (χ2n) is 5.44. The number of unbranched alkanes of at least 4 members (excludes halogenated alkanes) is 6. The molecule has 0 aromatic carbocycles. The number of carbonyl (C=O) groups is 1. The Morgan fingerprint density at radius 3 is 2.12 bits per heavy atom. The van der Waals surface area contributed by atoms with Crippen molar-refractivity contribution in [2.24, 2.45) is 0 Å². The van der Waals surface area contributed by atoms with Crippen LogP contribution in [0.4, 0.5) is 0 Å². The maximum Gasteiger partial charge on any atom is 0.220 e. The summed E-state index contributed by atoms with van der Waals surface area (Å²) in [4.78, 5) is 11.6. The molecule has 0 saturated carbocycles. The molecule has 17 heavy (non-hydrogen) atoms. The van der Waals surface area contributed by atoms with Gasteiger partial charge in [0.15, 0.2) is 0 Å². The first kappa shape index (κ1) is 16.8. The Balaban J connectivity index is 3.40. The molecule has 0 aliphatic heterocycles. The van der Waals surface area contributed by atoms with E-state index in [4.69, 9.17) is 11.6 Å². The summed E-state index contributed by atoms with van der Waals surface area (Å²) in [6.45, 7) is 6.12. The van der Waals surface area contributed by atoms with Gasteiger partial charge in [0.2, 0.25) is 5.91 Å². The Labute approximate surface area is 111 Å². The second kappa shape index (κ2) is 9.76. The molecule has 1 amide bonds. The van der Waals surface area contributed by atoms with Gasteiger partial charge in [-0.05, 0) is 20.3 Å². The predicted molar refractivity (Wildman–Crippen MR) is 75.6 cm³/mol. The van der Waals surface area contributed by atoms with Crippen LogP contribution in [0.3, 0.4) is 0 Å². The van der Waals surface area contributed by atoms with Gasteiger partial charge in [-0.2, -0.15) is 0 Å². The number of hydrogen-bond donors (Lipinski definition) is 1. The molecule has 0 aromatic heterocycles. The molecule has 0 bridgehead atoms. The normalized spacial score (nSPS) is 11.5. The van der Waals surface area contributed by atoms with Crippen molar-refractivity contribution < 1.29 is 4.79 Å². The van der Waals surface area contributed by atoms with Gasteiger partial charge in [0.05, 0.1) is 0 Å². The summed E-state index contributed by atoms with van der Waals surface area (Å²) in [6.07, 6.45) is 9.32. The largest absolute Gasteiger partial charge is 0.350 e. The van der Waals surface area contributed by atoms with E-state index in [1.54, 1.807) is 0 Å². The van der Waals surface area contributed by atoms with E-state index < -0.39 is 0 Å². The third-order valence-electron chi connectivity index (χ3n) is 2.82. The van der Waals surface area contributed by atoms with Crippen LogP contribution in [0.25, 0.3) is 0 Å². The lowest BCUT2D eigenvalue weighted by atomic mass is 10.1. The quantitative estimate of drug-likeness (QED) is 0.462. The highest BCUT2D eigenvalue weighted by Gasteiger charge is 2.18. The molecule has 0 spiro atoms. The zero-order chi connectivity index (χ0) is 13.1. The number of carbonyl (C=O) groups excluding carboxylic acids is 1. The first-order chi connectivity index (χ1) is 8.02. The van der Waals surface area contributed by atoms with E-state index in [1.165, 1.54) is 38.5 Å². The fourth-order valence-electron chi connectivity index (χ4n) is 1.72. The smallest absolute Gasteiger partial charge is 0.220 e. The lowest BCUT2D eigenvalue weighted by Gasteiger charge is -2.23. The van der Waals surface area contributed by atoms with Gasteiger partial charge in [-0.1, -0.05) is 45.4 Å². The lowest BCUT2D eigenvalue weighted by molar-refractivity contribution is -0.122. The average molecular weight is 262 g/mol. The number of nitrogens with one attached hydrogen (secondary N) is 1. The molecule has 2 nitrogen and oxygen atoms in total. The fraction of sp³-hybridized carbons (Fsp3) is 0.929. The minimum atomic E-state index is -0.278. The molecule has 0 rings (SSSR count). The van der Waals surface area contributed by atoms with Crippen molar-refractivity contribution in [2.45, 2.75) is 77.7 Å². The zero-order valence-electron chi connectivity index (χ0n) is 11.7. The number of alkyl halides is 1. The van der Waals surface area contributed by atoms with Gasteiger partial charge in [0.25, 0.3) is 0 Å². The first-order valence-corrected chi connectivity index (χ1v) is 7.42. The highest BCUT2D eigenvalue weighted by atomic mass is 35.5. The van der Waals surface area contributed by atoms with Crippen molar-refractivity contribution in [3.63, 3.8) is 0 Å². The molecule has 3 heteroatoms. The van der Waals surface area contributed by atoms with Crippen molar-refractivity contribution in [1.29, 1.82) is 0 Å². The summed E-state index contributed by atoms with van der Waals surface area (Å²) in [5.74, 6) is 0.583. The third kappa shape index (κ3) is 10.6. The maximum absolute atomic E-state index is 11.6. The van der Waals surface area contributed by atoms with Crippen LogP contribution in [0.2, 0.25) is 0 Å². The van der Waals surface area contributed by atoms with Crippen molar-refractivity contribution >= 4 is 17.5 Å². The van der Waals surface area contributed by atoms with Crippen molar-refractivity contribution in [1.82, 2.24) is 5.32 Å². The summed E-state index contributed by atoms with van der Waals surface area (Å²) in [6, 6.07) is 0. The molecule has 1 N–H and O–H groups in total. The van der Waals surface area contributed by atoms with E-state index in [0.717, 1.165) is 6.42 Å². The van der Waals surface area contributed by atoms with Gasteiger partial charge in [-0.3, -0.25) is 4.79 Å². The topological polar surface area (TPSA) is 29.1 Å². The number of hydrogen-bond acceptors (Lipinski definition) is 1. The van der Waals surface area contributed by atoms with E-state index in [-0.39, 0.29) is 11.4 Å². The molecule has 102 valence electrons. The number of rotatable bonds is 10. The maximum atomic E-state index is 11.6. The number of amides is 1. The van der Waals surface area contributed by atoms with Crippen LogP contribution in [0.1, 0.15) is 72.1 Å². The highest BCUT2D eigenvalue weighted by molar-refractivity contribution is 6.18. The molecule has 0 fully saturated rings. The van der Waals surface area contributed by atoms with E-state index >= 15 is 0 Å². The molecule has 0 radical (unpaired) electrons. The average Bonchev–Trinajstić information content (AvgIpc) is 2.27. The second-order valence-corrected chi connectivity index (χ2v) is 5.70. The third-order valence-corrected chi connectivity index (χ3v) is 3.49. The Morgan fingerprint density at radius 2 is 1.59 bits per heavy atom. The SMILES string of the molecule is CCCCCCCCCC(=O)NC(C)(C)CCl. The summed E-state index contributed by atoms with van der Waals surface area (Å²) in [5, 5.41) is 2.95. The van der Waals surface area contributed by atoms with E-state index in [0.29, 0.717) is 12.3 Å². The summed E-state index contributed by atoms with van der Waals surface area (Å²) >= 11 is 5.75. The van der Waals surface area contributed by atoms with E-state index in [1.807, 2.05) is 13.8 Å². The molecule has 0 aliphatic carbocycles. The molecule has 0 unspecified atom stereocenters. The van der Waals surface area contributed by atoms with Crippen LogP contribution in [-0.2, 0) is 4.79 Å². The highest BCUT2D eigenvalue weighted by Crippen LogP contribution is 2.09. The zero-order valence-corrected chi connectivity index (χ0v) is 12.4. The monoisotopic (exact) mass is 261 g/mol. The fourth-order valence-corrected chi connectivity index (χ4v) is 1.78. The Kier molecular flexibility index (Phi) is 9.62. The molecule has 0 saturated heterocycles. The van der Waals surface area contributed by atoms with Gasteiger partial charge < -0.3 is 5.32 Å². The first-order valence-electron chi connectivity index (χ1n) is 6.89. The van der Waals surface area contributed by atoms with E-state index in [9.17, 15) is 4.79 Å². The van der Waals surface area contributed by atoms with Crippen LogP contribution in [-0.4, -0.2) is 17.3 Å². The number of halogens is 1. The van der Waals surface area contributed by atoms with Gasteiger partial charge >= 0.3 is 0 Å². The molecule has 0 heterocycles. The Bertz CT molecular complexity index is 204. The van der Waals surface area contributed by atoms with Gasteiger partial charge in [-0.15, -0.1) is 11.6 Å². The van der Waals surface area contributed by atoms with Gasteiger partial charge in [-0.25, -0.2) is 0 Å². The van der Waals surface area contributed by atoms with E-state index in [2.05, 4.69) is 12.2 Å². The standard InChI is InChI=1S/C14H28ClNO/c1-4-5-6-7-8-9-10-11-13(17)16-14(2,3)12-15/h4-12H2,1-3H3,(H,16,17). The Morgan fingerprint density at radius 1 is 1.06 bits per heavy atom. The predicted octanol–water partition coefficient (Wildman–Crippen LogP) is 4.26. The van der Waals surface area contributed by atoms with Crippen LogP contribution in [0.5, 0.6) is 0 Å². The minimum Gasteiger partial charge on any atom is -0.350 e. The van der Waals surface area contributed by atoms with Crippen LogP contribution in [0.15, 0.2) is 0 Å². The summed E-state index contributed by atoms with van der Waals surface area (Å²) in [5.41, 5.74) is -0.278. The lowest BCUT2D eigenvalue weighted by Crippen LogP contribution is -2.44. The molecule has 0 aromatic rings. The van der Waals surface area contributed by atoms with Crippen LogP contribution >= 0.6 is 11.6 Å². The Hall–Kier alpha value is -0.240. The molecule has 0 atom stereocenters. The summed E-state index contributed by atoms with van der Waals surface area (Å²) < 4.78 is 0. The molecular weight excluding hydrogens is 234 g/mol. The summed E-state index contributed by atoms with van der Waals surface area (Å²) in [7, 11) is 0. The van der Waals surface area contributed by atoms with Crippen molar-refractivity contribution in [2.75, 3.05) is 5.88 Å². The van der Waals surface area contributed by atoms with Crippen LogP contribution in [0, 0.1) is 0 Å². The van der Waals surface area contributed by atoms with Gasteiger partial charge in [0.1, 0.15) is 0 Å². The molecule has 0 aliphatic rings. The van der Waals surface area contributed by atoms with Crippen molar-refractivity contribution in [3.05, 3.63) is 0 Å². The van der Waals surface area contributed by atoms with Crippen LogP contribution < -0.4 is 5.32 Å². The van der Waals surface area contributed by atoms with Gasteiger partial charge in [0, 0.05) is 17.8 Å².